The maximum atomic E-state index is 13.4. The number of nitrogens with one attached hydrogen (secondary N) is 2. The summed E-state index contributed by atoms with van der Waals surface area (Å²) in [7, 11) is 2.09. The number of carbonyl (C=O) groups is 3. The number of carbonyl (C=O) groups excluding carboxylic acids is 3. The number of amides is 2. The molecule has 3 heterocycles. The number of rotatable bonds is 16. The van der Waals surface area contributed by atoms with Crippen LogP contribution in [0.1, 0.15) is 95.1 Å². The number of likely N-dealkylation sites (N-methyl/N-ethyl adjacent to an activating group) is 1. The van der Waals surface area contributed by atoms with E-state index >= 15 is 0 Å². The third-order valence-electron chi connectivity index (χ3n) is 8.61. The lowest BCUT2D eigenvalue weighted by Gasteiger charge is -2.31. The van der Waals surface area contributed by atoms with Gasteiger partial charge in [-0.15, -0.1) is 0 Å². The van der Waals surface area contributed by atoms with Crippen molar-refractivity contribution in [2.24, 2.45) is 5.41 Å². The van der Waals surface area contributed by atoms with Gasteiger partial charge in [-0.3, -0.25) is 19.2 Å². The molecule has 0 aromatic carbocycles. The topological polar surface area (TPSA) is 131 Å². The number of pyridine rings is 1. The van der Waals surface area contributed by atoms with Crippen LogP contribution >= 0.6 is 0 Å². The van der Waals surface area contributed by atoms with Gasteiger partial charge in [0.1, 0.15) is 28.3 Å². The van der Waals surface area contributed by atoms with Gasteiger partial charge in [0.25, 0.3) is 5.91 Å². The van der Waals surface area contributed by atoms with E-state index in [0.717, 1.165) is 56.3 Å². The summed E-state index contributed by atoms with van der Waals surface area (Å²) < 4.78 is 27.9. The molecule has 1 saturated carbocycles. The summed E-state index contributed by atoms with van der Waals surface area (Å²) >= 11 is 0. The van der Waals surface area contributed by atoms with E-state index in [1.165, 1.54) is 0 Å². The summed E-state index contributed by atoms with van der Waals surface area (Å²) in [4.78, 5) is 46.0. The molecule has 2 N–H and O–H groups in total. The number of imidazole rings is 1. The van der Waals surface area contributed by atoms with Crippen LogP contribution in [0.2, 0.25) is 0 Å². The molecular formula is C32H49N5O6S. The van der Waals surface area contributed by atoms with Crippen LogP contribution in [0.3, 0.4) is 0 Å². The maximum absolute atomic E-state index is 13.4. The zero-order valence-electron chi connectivity index (χ0n) is 27.0. The molecule has 0 bridgehead atoms. The maximum Gasteiger partial charge on any atom is 0.358 e. The minimum absolute atomic E-state index is 0.000286. The van der Waals surface area contributed by atoms with E-state index in [9.17, 15) is 18.6 Å². The monoisotopic (exact) mass is 631 g/mol. The Morgan fingerprint density at radius 3 is 2.59 bits per heavy atom. The van der Waals surface area contributed by atoms with Gasteiger partial charge in [0.2, 0.25) is 5.91 Å². The normalized spacial score (nSPS) is 21.1. The zero-order chi connectivity index (χ0) is 32.1. The van der Waals surface area contributed by atoms with Gasteiger partial charge in [0.05, 0.1) is 17.9 Å². The highest BCUT2D eigenvalue weighted by atomic mass is 32.2. The van der Waals surface area contributed by atoms with E-state index in [2.05, 4.69) is 28.9 Å². The first-order chi connectivity index (χ1) is 20.9. The largest absolute Gasteiger partial charge is 0.456 e. The lowest BCUT2D eigenvalue weighted by molar-refractivity contribution is -0.134. The molecular weight excluding hydrogens is 582 g/mol. The summed E-state index contributed by atoms with van der Waals surface area (Å²) in [5.41, 5.74) is 0.992. The minimum atomic E-state index is -1.44. The van der Waals surface area contributed by atoms with E-state index in [1.807, 2.05) is 34.6 Å². The Labute approximate surface area is 263 Å². The number of nitrogens with zero attached hydrogens (tertiary/aromatic N) is 3. The molecule has 4 atom stereocenters. The van der Waals surface area contributed by atoms with E-state index in [0.29, 0.717) is 25.8 Å². The van der Waals surface area contributed by atoms with Gasteiger partial charge in [-0.05, 0) is 69.5 Å². The van der Waals surface area contributed by atoms with Crippen molar-refractivity contribution < 1.29 is 28.1 Å². The number of aromatic nitrogens is 2. The summed E-state index contributed by atoms with van der Waals surface area (Å²) in [5, 5.41) is 2.91. The van der Waals surface area contributed by atoms with Gasteiger partial charge in [-0.2, -0.15) is 0 Å². The number of aryl methyl sites for hydroxylation is 1. The quantitative estimate of drug-likeness (QED) is 0.212. The number of methoxy groups -OCH3 is 1. The van der Waals surface area contributed by atoms with Crippen molar-refractivity contribution in [3.8, 4) is 0 Å². The Hall–Kier alpha value is -2.83. The highest BCUT2D eigenvalue weighted by Gasteiger charge is 2.42. The van der Waals surface area contributed by atoms with Crippen molar-refractivity contribution in [3.63, 3.8) is 0 Å². The minimum Gasteiger partial charge on any atom is -0.456 e. The highest BCUT2D eigenvalue weighted by Crippen LogP contribution is 2.27. The van der Waals surface area contributed by atoms with E-state index in [4.69, 9.17) is 9.47 Å². The first-order valence-electron chi connectivity index (χ1n) is 15.8. The van der Waals surface area contributed by atoms with E-state index in [1.54, 1.807) is 27.3 Å². The van der Waals surface area contributed by atoms with Crippen LogP contribution in [-0.2, 0) is 36.5 Å². The molecule has 1 aliphatic heterocycles. The number of ether oxygens (including phenoxy) is 2. The smallest absolute Gasteiger partial charge is 0.358 e. The fourth-order valence-corrected chi connectivity index (χ4v) is 7.10. The Kier molecular flexibility index (Phi) is 11.2. The molecule has 2 aliphatic rings. The molecule has 1 aliphatic carbocycles. The summed E-state index contributed by atoms with van der Waals surface area (Å²) in [6, 6.07) is 3.43. The van der Waals surface area contributed by atoms with Crippen molar-refractivity contribution in [1.82, 2.24) is 24.3 Å². The molecule has 0 spiro atoms. The van der Waals surface area contributed by atoms with Crippen LogP contribution in [0.4, 0.5) is 0 Å². The number of likely N-dealkylation sites (tertiary alicyclic amines) is 1. The number of hydrogen-bond acceptors (Lipinski definition) is 8. The van der Waals surface area contributed by atoms with Crippen LogP contribution in [-0.4, -0.2) is 86.5 Å². The van der Waals surface area contributed by atoms with Gasteiger partial charge < -0.3 is 19.2 Å². The van der Waals surface area contributed by atoms with Crippen molar-refractivity contribution >= 4 is 34.4 Å². The van der Waals surface area contributed by atoms with E-state index in [-0.39, 0.29) is 22.3 Å². The van der Waals surface area contributed by atoms with Crippen LogP contribution in [0, 0.1) is 5.41 Å². The van der Waals surface area contributed by atoms with Gasteiger partial charge in [0, 0.05) is 32.5 Å². The SMILES string of the molecule is CCC[C@@](C)(NC(=O)C1C[C@@H](OC(=O)c2cn3cccc(CCCCC(C)(C)COC)c3n2)CN1C)C(=O)NS(=O)C1CC1. The fraction of sp³-hybridized carbons (Fsp3) is 0.688. The number of esters is 1. The Bertz CT molecular complexity index is 1360. The van der Waals surface area contributed by atoms with Crippen molar-refractivity contribution in [1.29, 1.82) is 0 Å². The lowest BCUT2D eigenvalue weighted by Crippen LogP contribution is -2.60. The lowest BCUT2D eigenvalue weighted by atomic mass is 9.87. The molecule has 2 amide bonds. The molecule has 2 aromatic heterocycles. The van der Waals surface area contributed by atoms with Crippen molar-refractivity contribution in [3.05, 3.63) is 35.8 Å². The summed E-state index contributed by atoms with van der Waals surface area (Å²) in [5.74, 6) is -1.29. The molecule has 12 heteroatoms. The molecule has 0 radical (unpaired) electrons. The fourth-order valence-electron chi connectivity index (χ4n) is 5.96. The number of fused-ring (bicyclic) bond motifs is 1. The first-order valence-corrected chi connectivity index (χ1v) is 17.0. The molecule has 2 fully saturated rings. The molecule has 244 valence electrons. The molecule has 4 rings (SSSR count). The third-order valence-corrected chi connectivity index (χ3v) is 10.1. The average molecular weight is 632 g/mol. The highest BCUT2D eigenvalue weighted by molar-refractivity contribution is 7.84. The van der Waals surface area contributed by atoms with E-state index < -0.39 is 40.5 Å². The second-order valence-electron chi connectivity index (χ2n) is 13.4. The molecule has 1 saturated heterocycles. The number of unbranched alkanes of at least 4 members (excludes halogenated alkanes) is 1. The third kappa shape index (κ3) is 8.66. The molecule has 2 aromatic rings. The van der Waals surface area contributed by atoms with Gasteiger partial charge in [-0.25, -0.2) is 14.0 Å². The predicted molar refractivity (Wildman–Crippen MR) is 169 cm³/mol. The van der Waals surface area contributed by atoms with Crippen molar-refractivity contribution in [2.45, 2.75) is 108 Å². The Balaban J connectivity index is 1.33. The summed E-state index contributed by atoms with van der Waals surface area (Å²) in [6.45, 7) is 9.13. The Morgan fingerprint density at radius 2 is 1.91 bits per heavy atom. The van der Waals surface area contributed by atoms with Crippen molar-refractivity contribution in [2.75, 3.05) is 27.3 Å². The second-order valence-corrected chi connectivity index (χ2v) is 14.9. The van der Waals surface area contributed by atoms with Crippen LogP contribution < -0.4 is 10.0 Å². The predicted octanol–water partition coefficient (Wildman–Crippen LogP) is 3.57. The zero-order valence-corrected chi connectivity index (χ0v) is 27.8. The van der Waals surface area contributed by atoms with Crippen LogP contribution in [0.5, 0.6) is 0 Å². The first kappa shape index (κ1) is 34.1. The molecule has 44 heavy (non-hydrogen) atoms. The molecule has 2 unspecified atom stereocenters. The Morgan fingerprint density at radius 1 is 1.16 bits per heavy atom. The van der Waals surface area contributed by atoms with Crippen LogP contribution in [0.25, 0.3) is 5.65 Å². The summed E-state index contributed by atoms with van der Waals surface area (Å²) in [6.07, 6.45) is 10.1. The van der Waals surface area contributed by atoms with Gasteiger partial charge >= 0.3 is 5.97 Å². The average Bonchev–Trinajstić information content (AvgIpc) is 3.61. The van der Waals surface area contributed by atoms with Gasteiger partial charge in [0.15, 0.2) is 5.69 Å². The second kappa shape index (κ2) is 14.5. The number of hydrogen-bond donors (Lipinski definition) is 2. The molecule has 11 nitrogen and oxygen atoms in total. The standard InChI is InChI=1S/C32H49N5O6S/c1-7-15-32(4,30(40)35-44(41)24-13-14-24)34-28(38)26-18-23(19-36(26)5)43-29(39)25-20-37-17-10-12-22(27(37)33-25)11-8-9-16-31(2,3)21-42-6/h10,12,17,20,23-24,26H,7-9,11,13-16,18-19,21H2,1-6H3,(H,34,38)(H,35,40)/t23-,26?,32-,44?/m1/s1. The van der Waals surface area contributed by atoms with Gasteiger partial charge in [-0.1, -0.05) is 39.7 Å². The van der Waals surface area contributed by atoms with Crippen LogP contribution in [0.15, 0.2) is 24.5 Å².